The average molecular weight is 497 g/mol. The highest BCUT2D eigenvalue weighted by Crippen LogP contribution is 2.30. The first kappa shape index (κ1) is 24.7. The number of rotatable bonds is 7. The summed E-state index contributed by atoms with van der Waals surface area (Å²) in [6.45, 7) is 1.93. The molecular weight excluding hydrogens is 475 g/mol. The number of aliphatic hydroxyl groups excluding tert-OH is 1. The largest absolute Gasteiger partial charge is 0.416 e. The van der Waals surface area contributed by atoms with Crippen LogP contribution in [0.15, 0.2) is 73.2 Å². The molecule has 1 atom stereocenters. The fourth-order valence-electron chi connectivity index (χ4n) is 3.31. The third-order valence-electron chi connectivity index (χ3n) is 4.91. The maximum Gasteiger partial charge on any atom is 0.416 e. The predicted molar refractivity (Wildman–Crippen MR) is 129 cm³/mol. The predicted octanol–water partition coefficient (Wildman–Crippen LogP) is 4.78. The van der Waals surface area contributed by atoms with Crippen molar-refractivity contribution < 1.29 is 23.1 Å². The van der Waals surface area contributed by atoms with Gasteiger partial charge in [0, 0.05) is 42.1 Å². The summed E-state index contributed by atoms with van der Waals surface area (Å²) in [5.74, 6) is 1.41. The van der Waals surface area contributed by atoms with E-state index in [-0.39, 0.29) is 12.2 Å². The quantitative estimate of drug-likeness (QED) is 0.292. The molecule has 36 heavy (non-hydrogen) atoms. The van der Waals surface area contributed by atoms with Gasteiger partial charge < -0.3 is 21.1 Å². The van der Waals surface area contributed by atoms with Gasteiger partial charge >= 0.3 is 12.2 Å². The number of carbonyl (C=O) groups is 1. The number of hydrogen-bond donors (Lipinski definition) is 4. The van der Waals surface area contributed by atoms with Crippen LogP contribution in [0, 0.1) is 0 Å². The Morgan fingerprint density at radius 3 is 2.47 bits per heavy atom. The number of carbonyl (C=O) groups excluding carboxylic acids is 1. The lowest BCUT2D eigenvalue weighted by Gasteiger charge is -2.12. The molecule has 186 valence electrons. The second-order valence-electron chi connectivity index (χ2n) is 7.83. The van der Waals surface area contributed by atoms with E-state index in [1.165, 1.54) is 12.1 Å². The standard InChI is InChI=1S/C24H22F3N7O2/c1-15(35)14-30-22-29-9-8-20(33-22)34-11-10-28-21(34)16-4-2-6-18(12-16)31-23(36)32-19-7-3-5-17(13-19)24(25,26)27/h2-13,15,35H,14H2,1H3,(H,29,30,33)(H2,31,32,36)/t15-/m0/s1. The molecule has 2 amide bonds. The molecule has 4 N–H and O–H groups in total. The van der Waals surface area contributed by atoms with E-state index in [2.05, 4.69) is 30.9 Å². The van der Waals surface area contributed by atoms with Crippen LogP contribution < -0.4 is 16.0 Å². The van der Waals surface area contributed by atoms with Gasteiger partial charge in [-0.15, -0.1) is 0 Å². The van der Waals surface area contributed by atoms with E-state index in [0.29, 0.717) is 28.8 Å². The Labute approximate surface area is 204 Å². The number of halogens is 3. The van der Waals surface area contributed by atoms with Gasteiger partial charge in [0.25, 0.3) is 0 Å². The van der Waals surface area contributed by atoms with Crippen molar-refractivity contribution in [3.63, 3.8) is 0 Å². The molecule has 9 nitrogen and oxygen atoms in total. The molecule has 2 aromatic heterocycles. The van der Waals surface area contributed by atoms with Crippen molar-refractivity contribution in [2.45, 2.75) is 19.2 Å². The molecule has 0 saturated heterocycles. The third-order valence-corrected chi connectivity index (χ3v) is 4.91. The van der Waals surface area contributed by atoms with E-state index in [1.807, 2.05) is 0 Å². The van der Waals surface area contributed by atoms with Crippen molar-refractivity contribution in [3.05, 3.63) is 78.8 Å². The van der Waals surface area contributed by atoms with Crippen molar-refractivity contribution in [2.75, 3.05) is 22.5 Å². The van der Waals surface area contributed by atoms with Crippen LogP contribution in [0.3, 0.4) is 0 Å². The fourth-order valence-corrected chi connectivity index (χ4v) is 3.31. The minimum absolute atomic E-state index is 0.0118. The number of amides is 2. The Kier molecular flexibility index (Phi) is 7.15. The molecule has 4 rings (SSSR count). The number of imidazole rings is 1. The van der Waals surface area contributed by atoms with Gasteiger partial charge in [-0.25, -0.2) is 14.8 Å². The molecular formula is C24H22F3N7O2. The Bertz CT molecular complexity index is 1360. The van der Waals surface area contributed by atoms with Crippen LogP contribution in [0.5, 0.6) is 0 Å². The van der Waals surface area contributed by atoms with Crippen molar-refractivity contribution in [1.82, 2.24) is 19.5 Å². The van der Waals surface area contributed by atoms with Gasteiger partial charge in [0.2, 0.25) is 5.95 Å². The van der Waals surface area contributed by atoms with Gasteiger partial charge in [-0.1, -0.05) is 18.2 Å². The molecule has 2 aromatic carbocycles. The normalized spacial score (nSPS) is 12.1. The van der Waals surface area contributed by atoms with Gasteiger partial charge in [-0.3, -0.25) is 4.57 Å². The summed E-state index contributed by atoms with van der Waals surface area (Å²) in [6.07, 6.45) is -0.186. The molecule has 4 aromatic rings. The summed E-state index contributed by atoms with van der Waals surface area (Å²) < 4.78 is 40.5. The van der Waals surface area contributed by atoms with E-state index >= 15 is 0 Å². The smallest absolute Gasteiger partial charge is 0.392 e. The van der Waals surface area contributed by atoms with Gasteiger partial charge in [0.05, 0.1) is 11.7 Å². The van der Waals surface area contributed by atoms with Crippen LogP contribution in [-0.2, 0) is 6.18 Å². The van der Waals surface area contributed by atoms with Crippen molar-refractivity contribution >= 4 is 23.4 Å². The Hall–Kier alpha value is -4.45. The summed E-state index contributed by atoms with van der Waals surface area (Å²) >= 11 is 0. The lowest BCUT2D eigenvalue weighted by Crippen LogP contribution is -2.19. The zero-order valence-corrected chi connectivity index (χ0v) is 19.0. The summed E-state index contributed by atoms with van der Waals surface area (Å²) in [4.78, 5) is 25.4. The SMILES string of the molecule is C[C@H](O)CNc1nccc(-n2ccnc2-c2cccc(NC(=O)Nc3cccc(C(F)(F)F)c3)c2)n1. The number of benzene rings is 2. The molecule has 0 saturated carbocycles. The minimum atomic E-state index is -4.51. The molecule has 0 bridgehead atoms. The number of aliphatic hydroxyl groups is 1. The zero-order valence-electron chi connectivity index (χ0n) is 19.0. The molecule has 0 spiro atoms. The molecule has 0 aliphatic heterocycles. The number of hydrogen-bond acceptors (Lipinski definition) is 6. The van der Waals surface area contributed by atoms with E-state index < -0.39 is 23.9 Å². The highest BCUT2D eigenvalue weighted by atomic mass is 19.4. The lowest BCUT2D eigenvalue weighted by molar-refractivity contribution is -0.137. The van der Waals surface area contributed by atoms with Crippen molar-refractivity contribution in [1.29, 1.82) is 0 Å². The molecule has 0 aliphatic rings. The molecule has 0 aliphatic carbocycles. The lowest BCUT2D eigenvalue weighted by atomic mass is 10.2. The van der Waals surface area contributed by atoms with E-state index in [0.717, 1.165) is 12.1 Å². The molecule has 0 radical (unpaired) electrons. The first-order valence-corrected chi connectivity index (χ1v) is 10.8. The average Bonchev–Trinajstić information content (AvgIpc) is 3.33. The van der Waals surface area contributed by atoms with Crippen LogP contribution in [0.2, 0.25) is 0 Å². The Balaban J connectivity index is 1.50. The second-order valence-corrected chi connectivity index (χ2v) is 7.83. The first-order valence-electron chi connectivity index (χ1n) is 10.8. The minimum Gasteiger partial charge on any atom is -0.392 e. The van der Waals surface area contributed by atoms with E-state index in [4.69, 9.17) is 0 Å². The second kappa shape index (κ2) is 10.4. The monoisotopic (exact) mass is 497 g/mol. The summed E-state index contributed by atoms with van der Waals surface area (Å²) in [5, 5.41) is 17.4. The van der Waals surface area contributed by atoms with Crippen LogP contribution in [0.4, 0.5) is 35.3 Å². The number of aromatic nitrogens is 4. The van der Waals surface area contributed by atoms with Gasteiger partial charge in [0.15, 0.2) is 0 Å². The molecule has 12 heteroatoms. The van der Waals surface area contributed by atoms with Crippen LogP contribution in [-0.4, -0.2) is 43.3 Å². The number of anilines is 3. The molecule has 0 fully saturated rings. The number of nitrogens with one attached hydrogen (secondary N) is 3. The highest BCUT2D eigenvalue weighted by molar-refractivity contribution is 6.00. The van der Waals surface area contributed by atoms with Gasteiger partial charge in [-0.2, -0.15) is 18.2 Å². The van der Waals surface area contributed by atoms with Gasteiger partial charge in [-0.05, 0) is 43.3 Å². The van der Waals surface area contributed by atoms with Crippen LogP contribution in [0.25, 0.3) is 17.2 Å². The van der Waals surface area contributed by atoms with Crippen LogP contribution in [0.1, 0.15) is 12.5 Å². The van der Waals surface area contributed by atoms with Crippen molar-refractivity contribution in [2.24, 2.45) is 0 Å². The molecule has 0 unspecified atom stereocenters. The Morgan fingerprint density at radius 2 is 1.75 bits per heavy atom. The van der Waals surface area contributed by atoms with E-state index in [1.54, 1.807) is 60.4 Å². The van der Waals surface area contributed by atoms with Crippen LogP contribution >= 0.6 is 0 Å². The highest BCUT2D eigenvalue weighted by Gasteiger charge is 2.30. The molecule has 2 heterocycles. The fraction of sp³-hybridized carbons (Fsp3) is 0.167. The maximum absolute atomic E-state index is 12.9. The number of alkyl halides is 3. The summed E-state index contributed by atoms with van der Waals surface area (Å²) in [6, 6.07) is 12.2. The number of urea groups is 1. The van der Waals surface area contributed by atoms with Gasteiger partial charge in [0.1, 0.15) is 11.6 Å². The zero-order chi connectivity index (χ0) is 25.7. The topological polar surface area (TPSA) is 117 Å². The summed E-state index contributed by atoms with van der Waals surface area (Å²) in [5.41, 5.74) is 0.225. The van der Waals surface area contributed by atoms with Crippen molar-refractivity contribution in [3.8, 4) is 17.2 Å². The number of nitrogens with zero attached hydrogens (tertiary/aromatic N) is 4. The Morgan fingerprint density at radius 1 is 1.03 bits per heavy atom. The summed E-state index contributed by atoms with van der Waals surface area (Å²) in [7, 11) is 0. The maximum atomic E-state index is 12.9. The first-order chi connectivity index (χ1) is 17.2. The van der Waals surface area contributed by atoms with E-state index in [9.17, 15) is 23.1 Å². The third kappa shape index (κ3) is 6.16.